The first-order valence-corrected chi connectivity index (χ1v) is 11.0. The lowest BCUT2D eigenvalue weighted by Gasteiger charge is -2.15. The van der Waals surface area contributed by atoms with E-state index in [9.17, 15) is 0 Å². The molecule has 0 amide bonds. The zero-order chi connectivity index (χ0) is 21.6. The first-order chi connectivity index (χ1) is 13.8. The third-order valence-electron chi connectivity index (χ3n) is 4.66. The maximum absolute atomic E-state index is 6.25. The van der Waals surface area contributed by atoms with Crippen molar-refractivity contribution in [1.29, 1.82) is 0 Å². The number of ether oxygens (including phenoxy) is 1. The van der Waals surface area contributed by atoms with E-state index in [1.54, 1.807) is 31.1 Å². The second-order valence-corrected chi connectivity index (χ2v) is 8.96. The van der Waals surface area contributed by atoms with Gasteiger partial charge in [-0.05, 0) is 61.9 Å². The SMILES string of the molecule is C=N/C=C\C(=C/C)Cn1c(C)c(COC)c(C(C)C)c1Sc1cc(Cl)cc(Cl)c1. The molecular weight excluding hydrogens is 423 g/mol. The largest absolute Gasteiger partial charge is 0.380 e. The minimum absolute atomic E-state index is 0.344. The van der Waals surface area contributed by atoms with Gasteiger partial charge >= 0.3 is 0 Å². The van der Waals surface area contributed by atoms with Crippen molar-refractivity contribution < 1.29 is 4.74 Å². The van der Waals surface area contributed by atoms with Crippen LogP contribution >= 0.6 is 35.0 Å². The molecule has 156 valence electrons. The van der Waals surface area contributed by atoms with E-state index in [1.165, 1.54) is 21.8 Å². The van der Waals surface area contributed by atoms with Gasteiger partial charge in [0.2, 0.25) is 0 Å². The van der Waals surface area contributed by atoms with Crippen LogP contribution in [0.5, 0.6) is 0 Å². The van der Waals surface area contributed by atoms with E-state index in [-0.39, 0.29) is 0 Å². The molecule has 0 unspecified atom stereocenters. The molecule has 0 aliphatic rings. The Morgan fingerprint density at radius 2 is 1.93 bits per heavy atom. The fraction of sp³-hybridized carbons (Fsp3) is 0.348. The van der Waals surface area contributed by atoms with Crippen molar-refractivity contribution >= 4 is 41.7 Å². The Morgan fingerprint density at radius 1 is 1.28 bits per heavy atom. The van der Waals surface area contributed by atoms with Gasteiger partial charge < -0.3 is 9.30 Å². The molecule has 0 aliphatic heterocycles. The fourth-order valence-electron chi connectivity index (χ4n) is 3.28. The van der Waals surface area contributed by atoms with Crippen LogP contribution in [0.25, 0.3) is 0 Å². The molecule has 1 aromatic heterocycles. The summed E-state index contributed by atoms with van der Waals surface area (Å²) in [6.45, 7) is 13.4. The summed E-state index contributed by atoms with van der Waals surface area (Å²) in [6.07, 6.45) is 5.80. The zero-order valence-corrected chi connectivity index (χ0v) is 20.0. The van der Waals surface area contributed by atoms with Crippen molar-refractivity contribution in [2.75, 3.05) is 7.11 Å². The Labute approximate surface area is 188 Å². The normalized spacial score (nSPS) is 12.3. The van der Waals surface area contributed by atoms with Crippen molar-refractivity contribution in [2.45, 2.75) is 56.7 Å². The van der Waals surface area contributed by atoms with Crippen LogP contribution in [0.4, 0.5) is 0 Å². The second-order valence-electron chi connectivity index (χ2n) is 7.03. The van der Waals surface area contributed by atoms with Gasteiger partial charge in [-0.25, -0.2) is 0 Å². The summed E-state index contributed by atoms with van der Waals surface area (Å²) in [6, 6.07) is 5.65. The van der Waals surface area contributed by atoms with Gasteiger partial charge in [-0.2, -0.15) is 0 Å². The number of methoxy groups -OCH3 is 1. The molecule has 3 nitrogen and oxygen atoms in total. The molecule has 0 aliphatic carbocycles. The van der Waals surface area contributed by atoms with Crippen LogP contribution in [0, 0.1) is 6.92 Å². The van der Waals surface area contributed by atoms with Gasteiger partial charge in [0.15, 0.2) is 0 Å². The Balaban J connectivity index is 2.64. The van der Waals surface area contributed by atoms with Crippen molar-refractivity contribution in [3.05, 3.63) is 69.0 Å². The summed E-state index contributed by atoms with van der Waals surface area (Å²) in [4.78, 5) is 4.85. The molecule has 2 aromatic rings. The van der Waals surface area contributed by atoms with E-state index in [0.29, 0.717) is 22.6 Å². The highest BCUT2D eigenvalue weighted by molar-refractivity contribution is 7.99. The summed E-state index contributed by atoms with van der Waals surface area (Å²) < 4.78 is 7.88. The van der Waals surface area contributed by atoms with E-state index in [0.717, 1.165) is 17.0 Å². The third-order valence-corrected chi connectivity index (χ3v) is 6.21. The van der Waals surface area contributed by atoms with Crippen LogP contribution in [0.15, 0.2) is 57.0 Å². The average molecular weight is 451 g/mol. The van der Waals surface area contributed by atoms with Crippen molar-refractivity contribution in [3.63, 3.8) is 0 Å². The quantitative estimate of drug-likeness (QED) is 0.289. The summed E-state index contributed by atoms with van der Waals surface area (Å²) in [7, 11) is 1.74. The minimum Gasteiger partial charge on any atom is -0.380 e. The molecule has 0 atom stereocenters. The van der Waals surface area contributed by atoms with Crippen LogP contribution in [0.2, 0.25) is 10.0 Å². The zero-order valence-electron chi connectivity index (χ0n) is 17.6. The molecule has 29 heavy (non-hydrogen) atoms. The van der Waals surface area contributed by atoms with Gasteiger partial charge in [0.05, 0.1) is 11.6 Å². The summed E-state index contributed by atoms with van der Waals surface area (Å²) in [5.74, 6) is 0.344. The Hall–Kier alpha value is -1.46. The summed E-state index contributed by atoms with van der Waals surface area (Å²) in [5, 5.41) is 2.45. The highest BCUT2D eigenvalue weighted by Crippen LogP contribution is 2.41. The van der Waals surface area contributed by atoms with Gasteiger partial charge in [-0.15, -0.1) is 0 Å². The monoisotopic (exact) mass is 450 g/mol. The lowest BCUT2D eigenvalue weighted by Crippen LogP contribution is -2.04. The highest BCUT2D eigenvalue weighted by atomic mass is 35.5. The first-order valence-electron chi connectivity index (χ1n) is 9.44. The molecule has 1 aromatic carbocycles. The molecule has 0 saturated heterocycles. The summed E-state index contributed by atoms with van der Waals surface area (Å²) in [5.41, 5.74) is 4.89. The lowest BCUT2D eigenvalue weighted by atomic mass is 10.0. The number of halogens is 2. The van der Waals surface area contributed by atoms with E-state index >= 15 is 0 Å². The van der Waals surface area contributed by atoms with Crippen molar-refractivity contribution in [2.24, 2.45) is 4.99 Å². The molecule has 0 saturated carbocycles. The number of nitrogens with zero attached hydrogens (tertiary/aromatic N) is 2. The topological polar surface area (TPSA) is 26.5 Å². The number of rotatable bonds is 9. The molecular formula is C23H28Cl2N2OS. The third kappa shape index (κ3) is 6.02. The standard InChI is InChI=1S/C23H28Cl2N2OS/c1-7-17(8-9-26-5)13-27-16(4)21(14-28-6)22(15(2)3)23(27)29-20-11-18(24)10-19(25)12-20/h7-12,15H,5,13-14H2,1-4,6H3/b9-8-,17-7+. The number of aliphatic imine (C=N–C) groups is 1. The van der Waals surface area contributed by atoms with E-state index in [1.807, 2.05) is 25.1 Å². The number of hydrogen-bond donors (Lipinski definition) is 0. The fourth-order valence-corrected chi connectivity index (χ4v) is 5.31. The van der Waals surface area contributed by atoms with Crippen LogP contribution < -0.4 is 0 Å². The maximum atomic E-state index is 6.25. The minimum atomic E-state index is 0.344. The number of hydrogen-bond acceptors (Lipinski definition) is 3. The average Bonchev–Trinajstić information content (AvgIpc) is 2.89. The number of benzene rings is 1. The molecule has 0 fully saturated rings. The van der Waals surface area contributed by atoms with Crippen LogP contribution in [0.3, 0.4) is 0 Å². The van der Waals surface area contributed by atoms with Gasteiger partial charge in [0, 0.05) is 46.1 Å². The Bertz CT molecular complexity index is 909. The lowest BCUT2D eigenvalue weighted by molar-refractivity contribution is 0.183. The summed E-state index contributed by atoms with van der Waals surface area (Å²) >= 11 is 14.2. The Kier molecular flexibility index (Phi) is 9.09. The second kappa shape index (κ2) is 11.1. The molecule has 2 rings (SSSR count). The Morgan fingerprint density at radius 3 is 2.45 bits per heavy atom. The van der Waals surface area contributed by atoms with Gasteiger partial charge in [0.25, 0.3) is 0 Å². The highest BCUT2D eigenvalue weighted by Gasteiger charge is 2.23. The van der Waals surface area contributed by atoms with Crippen LogP contribution in [0.1, 0.15) is 43.5 Å². The molecule has 0 N–H and O–H groups in total. The predicted octanol–water partition coefficient (Wildman–Crippen LogP) is 7.68. The van der Waals surface area contributed by atoms with Crippen molar-refractivity contribution in [3.8, 4) is 0 Å². The number of aromatic nitrogens is 1. The molecule has 1 heterocycles. The van der Waals surface area contributed by atoms with E-state index in [4.69, 9.17) is 27.9 Å². The van der Waals surface area contributed by atoms with Crippen LogP contribution in [-0.2, 0) is 17.9 Å². The molecule has 6 heteroatoms. The van der Waals surface area contributed by atoms with Crippen molar-refractivity contribution in [1.82, 2.24) is 4.57 Å². The van der Waals surface area contributed by atoms with Gasteiger partial charge in [0.1, 0.15) is 0 Å². The predicted molar refractivity (Wildman–Crippen MR) is 127 cm³/mol. The molecule has 0 radical (unpaired) electrons. The van der Waals surface area contributed by atoms with E-state index < -0.39 is 0 Å². The smallest absolute Gasteiger partial charge is 0.0840 e. The number of allylic oxidation sites excluding steroid dienone is 3. The van der Waals surface area contributed by atoms with Crippen LogP contribution in [-0.4, -0.2) is 18.4 Å². The molecule has 0 spiro atoms. The van der Waals surface area contributed by atoms with E-state index in [2.05, 4.69) is 43.1 Å². The maximum Gasteiger partial charge on any atom is 0.0840 e. The molecule has 0 bridgehead atoms. The van der Waals surface area contributed by atoms with Gasteiger partial charge in [-0.1, -0.05) is 54.9 Å². The van der Waals surface area contributed by atoms with Gasteiger partial charge in [-0.3, -0.25) is 4.99 Å². The first kappa shape index (κ1) is 23.8.